The van der Waals surface area contributed by atoms with Crippen LogP contribution in [-0.4, -0.2) is 16.8 Å². The third-order valence-electron chi connectivity index (χ3n) is 3.86. The molecular weight excluding hydrogens is 356 g/mol. The normalized spacial score (nSPS) is 9.96. The zero-order chi connectivity index (χ0) is 19.9. The predicted octanol–water partition coefficient (Wildman–Crippen LogP) is 2.88. The average molecular weight is 372 g/mol. The highest BCUT2D eigenvalue weighted by Gasteiger charge is 2.07. The van der Waals surface area contributed by atoms with Gasteiger partial charge in [-0.3, -0.25) is 14.6 Å². The molecule has 1 heterocycles. The van der Waals surface area contributed by atoms with Crippen molar-refractivity contribution < 1.29 is 14.3 Å². The number of rotatable bonds is 6. The summed E-state index contributed by atoms with van der Waals surface area (Å²) in [4.78, 5) is 27.4. The lowest BCUT2D eigenvalue weighted by molar-refractivity contribution is 0.0997. The van der Waals surface area contributed by atoms with Gasteiger partial charge in [-0.15, -0.1) is 0 Å². The SMILES string of the molecule is N#Cc1ccc(C(=O)Nc2cccc(COc3cncc(C(N)=O)c3)c2)cc1. The minimum atomic E-state index is -0.578. The van der Waals surface area contributed by atoms with E-state index < -0.39 is 5.91 Å². The summed E-state index contributed by atoms with van der Waals surface area (Å²) in [6.07, 6.45) is 2.86. The van der Waals surface area contributed by atoms with Crippen LogP contribution in [0.4, 0.5) is 5.69 Å². The first-order valence-corrected chi connectivity index (χ1v) is 8.33. The second kappa shape index (κ2) is 8.47. The van der Waals surface area contributed by atoms with Gasteiger partial charge in [-0.05, 0) is 48.0 Å². The van der Waals surface area contributed by atoms with Crippen molar-refractivity contribution in [2.45, 2.75) is 6.61 Å². The van der Waals surface area contributed by atoms with E-state index >= 15 is 0 Å². The summed E-state index contributed by atoms with van der Waals surface area (Å²) >= 11 is 0. The number of amides is 2. The molecule has 138 valence electrons. The van der Waals surface area contributed by atoms with Gasteiger partial charge < -0.3 is 15.8 Å². The molecule has 0 unspecified atom stereocenters. The largest absolute Gasteiger partial charge is 0.487 e. The van der Waals surface area contributed by atoms with Crippen LogP contribution in [0.15, 0.2) is 67.0 Å². The van der Waals surface area contributed by atoms with Crippen molar-refractivity contribution in [1.29, 1.82) is 5.26 Å². The molecule has 0 atom stereocenters. The first-order valence-electron chi connectivity index (χ1n) is 8.33. The van der Waals surface area contributed by atoms with E-state index in [2.05, 4.69) is 10.3 Å². The minimum Gasteiger partial charge on any atom is -0.487 e. The monoisotopic (exact) mass is 372 g/mol. The van der Waals surface area contributed by atoms with Crippen LogP contribution >= 0.6 is 0 Å². The van der Waals surface area contributed by atoms with Gasteiger partial charge in [0.05, 0.1) is 23.4 Å². The minimum absolute atomic E-state index is 0.227. The molecule has 3 rings (SSSR count). The highest BCUT2D eigenvalue weighted by atomic mass is 16.5. The van der Waals surface area contributed by atoms with Crippen molar-refractivity contribution >= 4 is 17.5 Å². The maximum absolute atomic E-state index is 12.3. The van der Waals surface area contributed by atoms with Crippen molar-refractivity contribution in [3.05, 3.63) is 89.2 Å². The Morgan fingerprint density at radius 3 is 2.57 bits per heavy atom. The molecule has 0 fully saturated rings. The zero-order valence-corrected chi connectivity index (χ0v) is 14.8. The molecule has 0 saturated heterocycles. The molecule has 0 aliphatic carbocycles. The van der Waals surface area contributed by atoms with Gasteiger partial charge in [0, 0.05) is 17.4 Å². The number of carbonyl (C=O) groups excluding carboxylic acids is 2. The molecule has 7 heteroatoms. The van der Waals surface area contributed by atoms with Gasteiger partial charge >= 0.3 is 0 Å². The number of nitrogens with zero attached hydrogens (tertiary/aromatic N) is 2. The molecule has 3 N–H and O–H groups in total. The summed E-state index contributed by atoms with van der Waals surface area (Å²) in [7, 11) is 0. The Hall–Kier alpha value is -4.18. The molecular formula is C21H16N4O3. The highest BCUT2D eigenvalue weighted by Crippen LogP contribution is 2.16. The molecule has 7 nitrogen and oxygen atoms in total. The maximum atomic E-state index is 12.3. The lowest BCUT2D eigenvalue weighted by atomic mass is 10.1. The molecule has 0 spiro atoms. The van der Waals surface area contributed by atoms with Gasteiger partial charge in [0.25, 0.3) is 5.91 Å². The summed E-state index contributed by atoms with van der Waals surface area (Å²) < 4.78 is 5.64. The molecule has 3 aromatic rings. The lowest BCUT2D eigenvalue weighted by Crippen LogP contribution is -2.12. The molecule has 2 amide bonds. The van der Waals surface area contributed by atoms with E-state index in [1.807, 2.05) is 12.1 Å². The zero-order valence-electron chi connectivity index (χ0n) is 14.8. The number of carbonyl (C=O) groups is 2. The second-order valence-electron chi connectivity index (χ2n) is 5.91. The number of nitriles is 1. The molecule has 2 aromatic carbocycles. The van der Waals surface area contributed by atoms with Crippen molar-refractivity contribution in [1.82, 2.24) is 4.98 Å². The molecule has 0 aliphatic heterocycles. The van der Waals surface area contributed by atoms with E-state index in [-0.39, 0.29) is 18.1 Å². The number of primary amides is 1. The fraction of sp³-hybridized carbons (Fsp3) is 0.0476. The van der Waals surface area contributed by atoms with E-state index in [0.29, 0.717) is 22.6 Å². The van der Waals surface area contributed by atoms with Crippen LogP contribution in [0.25, 0.3) is 0 Å². The number of hydrogen-bond donors (Lipinski definition) is 2. The fourth-order valence-electron chi connectivity index (χ4n) is 2.44. The molecule has 0 radical (unpaired) electrons. The maximum Gasteiger partial charge on any atom is 0.255 e. The van der Waals surface area contributed by atoms with Gasteiger partial charge in [0.2, 0.25) is 5.91 Å². The Balaban J connectivity index is 1.65. The topological polar surface area (TPSA) is 118 Å². The van der Waals surface area contributed by atoms with Gasteiger partial charge in [0.15, 0.2) is 0 Å². The summed E-state index contributed by atoms with van der Waals surface area (Å²) in [6, 6.07) is 17.1. The Bertz CT molecular complexity index is 1060. The number of hydrogen-bond acceptors (Lipinski definition) is 5. The summed E-state index contributed by atoms with van der Waals surface area (Å²) in [5.74, 6) is -0.435. The third-order valence-corrected chi connectivity index (χ3v) is 3.86. The van der Waals surface area contributed by atoms with Crippen molar-refractivity contribution in [2.75, 3.05) is 5.32 Å². The van der Waals surface area contributed by atoms with Gasteiger partial charge in [-0.25, -0.2) is 0 Å². The molecule has 0 aliphatic rings. The standard InChI is InChI=1S/C21H16N4O3/c22-10-14-4-6-16(7-5-14)21(27)25-18-3-1-2-15(8-18)13-28-19-9-17(20(23)26)11-24-12-19/h1-9,11-12H,13H2,(H2,23,26)(H,25,27). The second-order valence-corrected chi connectivity index (χ2v) is 5.91. The summed E-state index contributed by atoms with van der Waals surface area (Å²) in [5, 5.41) is 11.6. The van der Waals surface area contributed by atoms with Crippen LogP contribution in [0.5, 0.6) is 5.75 Å². The van der Waals surface area contributed by atoms with Crippen molar-refractivity contribution in [2.24, 2.45) is 5.73 Å². The van der Waals surface area contributed by atoms with E-state index in [9.17, 15) is 9.59 Å². The molecule has 28 heavy (non-hydrogen) atoms. The van der Waals surface area contributed by atoms with Crippen LogP contribution in [-0.2, 0) is 6.61 Å². The van der Waals surface area contributed by atoms with Crippen LogP contribution in [0.1, 0.15) is 31.8 Å². The smallest absolute Gasteiger partial charge is 0.255 e. The quantitative estimate of drug-likeness (QED) is 0.690. The number of ether oxygens (including phenoxy) is 1. The van der Waals surface area contributed by atoms with Crippen LogP contribution < -0.4 is 15.8 Å². The van der Waals surface area contributed by atoms with E-state index in [4.69, 9.17) is 15.7 Å². The summed E-state index contributed by atoms with van der Waals surface area (Å²) in [5.41, 5.74) is 7.87. The first kappa shape index (κ1) is 18.6. The van der Waals surface area contributed by atoms with E-state index in [1.54, 1.807) is 42.5 Å². The van der Waals surface area contributed by atoms with Gasteiger partial charge in [0.1, 0.15) is 12.4 Å². The first-order chi connectivity index (χ1) is 13.5. The highest BCUT2D eigenvalue weighted by molar-refractivity contribution is 6.04. The van der Waals surface area contributed by atoms with Gasteiger partial charge in [-0.2, -0.15) is 5.26 Å². The molecule has 1 aromatic heterocycles. The number of nitrogens with two attached hydrogens (primary N) is 1. The Morgan fingerprint density at radius 1 is 1.07 bits per heavy atom. The lowest BCUT2D eigenvalue weighted by Gasteiger charge is -2.09. The van der Waals surface area contributed by atoms with E-state index in [1.165, 1.54) is 18.5 Å². The molecule has 0 bridgehead atoms. The number of nitrogens with one attached hydrogen (secondary N) is 1. The Labute approximate surface area is 161 Å². The summed E-state index contributed by atoms with van der Waals surface area (Å²) in [6.45, 7) is 0.227. The third kappa shape index (κ3) is 4.71. The number of aromatic nitrogens is 1. The number of benzene rings is 2. The van der Waals surface area contributed by atoms with Crippen LogP contribution in [0.3, 0.4) is 0 Å². The van der Waals surface area contributed by atoms with Crippen molar-refractivity contribution in [3.63, 3.8) is 0 Å². The predicted molar refractivity (Wildman–Crippen MR) is 103 cm³/mol. The average Bonchev–Trinajstić information content (AvgIpc) is 2.73. The fourth-order valence-corrected chi connectivity index (χ4v) is 2.44. The number of anilines is 1. The van der Waals surface area contributed by atoms with Crippen molar-refractivity contribution in [3.8, 4) is 11.8 Å². The van der Waals surface area contributed by atoms with E-state index in [0.717, 1.165) is 5.56 Å². The van der Waals surface area contributed by atoms with Crippen LogP contribution in [0, 0.1) is 11.3 Å². The number of pyridine rings is 1. The van der Waals surface area contributed by atoms with Crippen LogP contribution in [0.2, 0.25) is 0 Å². The molecule has 0 saturated carbocycles. The Kier molecular flexibility index (Phi) is 5.63. The Morgan fingerprint density at radius 2 is 1.86 bits per heavy atom. The van der Waals surface area contributed by atoms with Gasteiger partial charge in [-0.1, -0.05) is 12.1 Å².